The van der Waals surface area contributed by atoms with Crippen molar-refractivity contribution in [2.75, 3.05) is 17.2 Å². The lowest BCUT2D eigenvalue weighted by atomic mass is 10.2. The molecular formula is C24H19Cl3N4O4. The Bertz CT molecular complexity index is 1300. The number of hydrogen-bond acceptors (Lipinski definition) is 5. The highest BCUT2D eigenvalue weighted by Gasteiger charge is 2.13. The first-order chi connectivity index (χ1) is 16.7. The Hall–Kier alpha value is -3.59. The van der Waals surface area contributed by atoms with E-state index in [1.807, 2.05) is 6.92 Å². The second kappa shape index (κ2) is 12.2. The van der Waals surface area contributed by atoms with E-state index in [0.717, 1.165) is 5.56 Å². The molecule has 0 aliphatic heterocycles. The number of carbonyl (C=O) groups is 3. The fraction of sp³-hybridized carbons (Fsp3) is 0.0833. The van der Waals surface area contributed by atoms with Crippen molar-refractivity contribution in [1.29, 1.82) is 0 Å². The molecule has 0 unspecified atom stereocenters. The number of ether oxygens (including phenoxy) is 1. The third kappa shape index (κ3) is 7.99. The maximum Gasteiger partial charge on any atom is 0.329 e. The van der Waals surface area contributed by atoms with Crippen molar-refractivity contribution < 1.29 is 19.1 Å². The van der Waals surface area contributed by atoms with Gasteiger partial charge in [0.2, 0.25) is 0 Å². The van der Waals surface area contributed by atoms with Crippen LogP contribution in [-0.2, 0) is 14.4 Å². The Balaban J connectivity index is 1.48. The number of carbonyl (C=O) groups excluding carboxylic acids is 3. The van der Waals surface area contributed by atoms with E-state index in [-0.39, 0.29) is 6.61 Å². The molecule has 0 spiro atoms. The summed E-state index contributed by atoms with van der Waals surface area (Å²) in [4.78, 5) is 36.1. The normalized spacial score (nSPS) is 10.6. The monoisotopic (exact) mass is 532 g/mol. The van der Waals surface area contributed by atoms with Crippen LogP contribution < -0.4 is 20.8 Å². The van der Waals surface area contributed by atoms with Gasteiger partial charge in [-0.1, -0.05) is 53.0 Å². The summed E-state index contributed by atoms with van der Waals surface area (Å²) in [6, 6.07) is 16.3. The number of amides is 3. The molecule has 35 heavy (non-hydrogen) atoms. The maximum atomic E-state index is 12.1. The summed E-state index contributed by atoms with van der Waals surface area (Å²) in [5.41, 5.74) is 4.43. The first-order valence-corrected chi connectivity index (χ1v) is 11.2. The number of hydrogen-bond donors (Lipinski definition) is 3. The number of aryl methyl sites for hydroxylation is 1. The van der Waals surface area contributed by atoms with Crippen LogP contribution in [-0.4, -0.2) is 30.5 Å². The van der Waals surface area contributed by atoms with Gasteiger partial charge in [-0.05, 0) is 60.5 Å². The summed E-state index contributed by atoms with van der Waals surface area (Å²) in [7, 11) is 0. The fourth-order valence-electron chi connectivity index (χ4n) is 2.68. The van der Waals surface area contributed by atoms with Crippen molar-refractivity contribution in [3.05, 3.63) is 86.9 Å². The standard InChI is InChI=1S/C24H19Cl3N4O4/c1-14-5-6-17(10-20(14)26)30-23(33)24(34)31-28-12-15-3-2-4-18(9-15)35-13-22(32)29-16-7-8-19(25)21(27)11-16/h2-12H,13H2,1H3,(H,29,32)(H,30,33)(H,31,34)/b28-12+. The molecule has 0 atom stereocenters. The molecule has 0 fully saturated rings. The number of hydrazone groups is 1. The minimum absolute atomic E-state index is 0.249. The molecule has 0 aliphatic rings. The molecule has 3 N–H and O–H groups in total. The predicted octanol–water partition coefficient (Wildman–Crippen LogP) is 5.06. The molecular weight excluding hydrogens is 515 g/mol. The molecule has 3 aromatic rings. The van der Waals surface area contributed by atoms with Gasteiger partial charge in [0.05, 0.1) is 16.3 Å². The van der Waals surface area contributed by atoms with Gasteiger partial charge < -0.3 is 15.4 Å². The molecule has 8 nitrogen and oxygen atoms in total. The summed E-state index contributed by atoms with van der Waals surface area (Å²) < 4.78 is 5.49. The minimum Gasteiger partial charge on any atom is -0.484 e. The Kier molecular flexibility index (Phi) is 9.08. The molecule has 0 aromatic heterocycles. The van der Waals surface area contributed by atoms with E-state index >= 15 is 0 Å². The lowest BCUT2D eigenvalue weighted by Gasteiger charge is -2.08. The number of anilines is 2. The summed E-state index contributed by atoms with van der Waals surface area (Å²) >= 11 is 17.8. The molecule has 3 rings (SSSR count). The van der Waals surface area contributed by atoms with Crippen molar-refractivity contribution >= 4 is 70.1 Å². The van der Waals surface area contributed by atoms with Gasteiger partial charge in [0.15, 0.2) is 6.61 Å². The summed E-state index contributed by atoms with van der Waals surface area (Å²) in [6.07, 6.45) is 1.33. The van der Waals surface area contributed by atoms with E-state index in [1.165, 1.54) is 12.3 Å². The van der Waals surface area contributed by atoms with Gasteiger partial charge in [-0.15, -0.1) is 0 Å². The zero-order valence-corrected chi connectivity index (χ0v) is 20.5. The molecule has 0 heterocycles. The Labute approximate surface area is 216 Å². The van der Waals surface area contributed by atoms with Crippen LogP contribution in [0.4, 0.5) is 11.4 Å². The highest BCUT2D eigenvalue weighted by Crippen LogP contribution is 2.25. The van der Waals surface area contributed by atoms with Crippen LogP contribution in [0, 0.1) is 6.92 Å². The molecule has 0 bridgehead atoms. The Morgan fingerprint density at radius 1 is 0.857 bits per heavy atom. The van der Waals surface area contributed by atoms with Gasteiger partial charge in [-0.3, -0.25) is 14.4 Å². The van der Waals surface area contributed by atoms with E-state index < -0.39 is 17.7 Å². The zero-order chi connectivity index (χ0) is 25.4. The second-order valence-corrected chi connectivity index (χ2v) is 8.38. The van der Waals surface area contributed by atoms with Crippen molar-refractivity contribution in [3.8, 4) is 5.75 Å². The van der Waals surface area contributed by atoms with E-state index in [9.17, 15) is 14.4 Å². The average molecular weight is 534 g/mol. The van der Waals surface area contributed by atoms with E-state index in [2.05, 4.69) is 21.2 Å². The van der Waals surface area contributed by atoms with Crippen LogP contribution in [0.5, 0.6) is 5.75 Å². The van der Waals surface area contributed by atoms with Crippen LogP contribution in [0.3, 0.4) is 0 Å². The van der Waals surface area contributed by atoms with Crippen LogP contribution in [0.25, 0.3) is 0 Å². The first kappa shape index (κ1) is 26.0. The molecule has 0 saturated heterocycles. The lowest BCUT2D eigenvalue weighted by Crippen LogP contribution is -2.32. The van der Waals surface area contributed by atoms with E-state index in [4.69, 9.17) is 39.5 Å². The number of benzene rings is 3. The smallest absolute Gasteiger partial charge is 0.329 e. The van der Waals surface area contributed by atoms with Gasteiger partial charge >= 0.3 is 11.8 Å². The van der Waals surface area contributed by atoms with E-state index in [1.54, 1.807) is 54.6 Å². The summed E-state index contributed by atoms with van der Waals surface area (Å²) in [5, 5.41) is 10.0. The Morgan fingerprint density at radius 3 is 2.31 bits per heavy atom. The minimum atomic E-state index is -0.954. The zero-order valence-electron chi connectivity index (χ0n) is 18.3. The molecule has 3 amide bonds. The Morgan fingerprint density at radius 2 is 1.57 bits per heavy atom. The molecule has 3 aromatic carbocycles. The van der Waals surface area contributed by atoms with E-state index in [0.29, 0.717) is 37.8 Å². The SMILES string of the molecule is Cc1ccc(NC(=O)C(=O)N/N=C/c2cccc(OCC(=O)Nc3ccc(Cl)c(Cl)c3)c2)cc1Cl. The number of rotatable bonds is 7. The van der Waals surface area contributed by atoms with Crippen molar-refractivity contribution in [2.24, 2.45) is 5.10 Å². The lowest BCUT2D eigenvalue weighted by molar-refractivity contribution is -0.136. The summed E-state index contributed by atoms with van der Waals surface area (Å²) in [6.45, 7) is 1.57. The third-order valence-corrected chi connectivity index (χ3v) is 5.59. The van der Waals surface area contributed by atoms with Crippen LogP contribution in [0.1, 0.15) is 11.1 Å². The molecule has 0 radical (unpaired) electrons. The van der Waals surface area contributed by atoms with Crippen LogP contribution >= 0.6 is 34.8 Å². The van der Waals surface area contributed by atoms with Crippen LogP contribution in [0.15, 0.2) is 65.8 Å². The molecule has 180 valence electrons. The van der Waals surface area contributed by atoms with Crippen molar-refractivity contribution in [3.63, 3.8) is 0 Å². The highest BCUT2D eigenvalue weighted by molar-refractivity contribution is 6.42. The average Bonchev–Trinajstić information content (AvgIpc) is 2.82. The quantitative estimate of drug-likeness (QED) is 0.224. The van der Waals surface area contributed by atoms with Gasteiger partial charge in [0.1, 0.15) is 5.75 Å². The number of halogens is 3. The fourth-order valence-corrected chi connectivity index (χ4v) is 3.16. The van der Waals surface area contributed by atoms with Gasteiger partial charge in [-0.2, -0.15) is 5.10 Å². The van der Waals surface area contributed by atoms with Gasteiger partial charge in [0.25, 0.3) is 5.91 Å². The third-order valence-electron chi connectivity index (χ3n) is 4.45. The van der Waals surface area contributed by atoms with Crippen molar-refractivity contribution in [1.82, 2.24) is 5.43 Å². The predicted molar refractivity (Wildman–Crippen MR) is 138 cm³/mol. The topological polar surface area (TPSA) is 109 Å². The highest BCUT2D eigenvalue weighted by atomic mass is 35.5. The molecule has 0 saturated carbocycles. The first-order valence-electron chi connectivity index (χ1n) is 10.1. The molecule has 0 aliphatic carbocycles. The van der Waals surface area contributed by atoms with Gasteiger partial charge in [0, 0.05) is 16.4 Å². The van der Waals surface area contributed by atoms with Crippen molar-refractivity contribution in [2.45, 2.75) is 6.92 Å². The molecule has 11 heteroatoms. The largest absolute Gasteiger partial charge is 0.484 e. The van der Waals surface area contributed by atoms with Crippen LogP contribution in [0.2, 0.25) is 15.1 Å². The second-order valence-electron chi connectivity index (χ2n) is 7.16. The number of nitrogens with one attached hydrogen (secondary N) is 3. The number of nitrogens with zero attached hydrogens (tertiary/aromatic N) is 1. The summed E-state index contributed by atoms with van der Waals surface area (Å²) in [5.74, 6) is -1.84. The van der Waals surface area contributed by atoms with Gasteiger partial charge in [-0.25, -0.2) is 5.43 Å². The maximum absolute atomic E-state index is 12.1.